The summed E-state index contributed by atoms with van der Waals surface area (Å²) in [5.74, 6) is 2.58. The fraction of sp³-hybridized carbons (Fsp3) is 0.318. The number of pyridine rings is 1. The summed E-state index contributed by atoms with van der Waals surface area (Å²) in [6.07, 6.45) is 0. The predicted molar refractivity (Wildman–Crippen MR) is 110 cm³/mol. The lowest BCUT2D eigenvalue weighted by atomic mass is 9.99. The molecule has 0 aliphatic carbocycles. The Labute approximate surface area is 163 Å². The molecule has 0 spiro atoms. The highest BCUT2D eigenvalue weighted by Crippen LogP contribution is 2.35. The van der Waals surface area contributed by atoms with Crippen molar-refractivity contribution in [3.63, 3.8) is 0 Å². The minimum atomic E-state index is -0.117. The lowest BCUT2D eigenvalue weighted by Gasteiger charge is -2.17. The second-order valence-electron chi connectivity index (χ2n) is 7.33. The molecule has 2 N–H and O–H groups in total. The number of aryl methyl sites for hydroxylation is 1. The SMILES string of the molecule is COc1cc(C)c(NCc2cc3cc4c(cc3[nH]c2=O)OCO4)cc1C(C)C. The van der Waals surface area contributed by atoms with Crippen LogP contribution in [0.2, 0.25) is 0 Å². The molecule has 0 unspecified atom stereocenters. The van der Waals surface area contributed by atoms with E-state index in [0.717, 1.165) is 33.5 Å². The summed E-state index contributed by atoms with van der Waals surface area (Å²) in [7, 11) is 1.69. The van der Waals surface area contributed by atoms with Gasteiger partial charge < -0.3 is 24.5 Å². The Balaban J connectivity index is 1.64. The van der Waals surface area contributed by atoms with E-state index in [1.165, 1.54) is 0 Å². The molecule has 1 aliphatic rings. The molecule has 2 heterocycles. The summed E-state index contributed by atoms with van der Waals surface area (Å²) in [6.45, 7) is 6.92. The molecule has 0 fully saturated rings. The summed E-state index contributed by atoms with van der Waals surface area (Å²) in [6, 6.07) is 9.73. The number of rotatable bonds is 5. The van der Waals surface area contributed by atoms with E-state index in [0.29, 0.717) is 29.5 Å². The third kappa shape index (κ3) is 3.26. The summed E-state index contributed by atoms with van der Waals surface area (Å²) >= 11 is 0. The van der Waals surface area contributed by atoms with Gasteiger partial charge in [0.2, 0.25) is 6.79 Å². The highest BCUT2D eigenvalue weighted by molar-refractivity contribution is 5.83. The van der Waals surface area contributed by atoms with E-state index >= 15 is 0 Å². The van der Waals surface area contributed by atoms with Gasteiger partial charge in [0, 0.05) is 29.2 Å². The molecule has 0 amide bonds. The zero-order chi connectivity index (χ0) is 19.8. The van der Waals surface area contributed by atoms with Crippen molar-refractivity contribution in [3.05, 3.63) is 57.4 Å². The molecule has 2 aromatic carbocycles. The number of H-pyrrole nitrogens is 1. The maximum Gasteiger partial charge on any atom is 0.253 e. The van der Waals surface area contributed by atoms with Crippen LogP contribution < -0.4 is 25.1 Å². The third-order valence-corrected chi connectivity index (χ3v) is 5.08. The van der Waals surface area contributed by atoms with Crippen molar-refractivity contribution in [1.82, 2.24) is 4.98 Å². The van der Waals surface area contributed by atoms with Crippen molar-refractivity contribution in [2.75, 3.05) is 19.2 Å². The Bertz CT molecular complexity index is 1100. The maximum atomic E-state index is 12.5. The van der Waals surface area contributed by atoms with Crippen molar-refractivity contribution in [2.45, 2.75) is 33.2 Å². The number of hydrogen-bond donors (Lipinski definition) is 2. The summed E-state index contributed by atoms with van der Waals surface area (Å²) in [4.78, 5) is 15.5. The van der Waals surface area contributed by atoms with E-state index in [-0.39, 0.29) is 12.4 Å². The van der Waals surface area contributed by atoms with Gasteiger partial charge in [0.05, 0.1) is 12.6 Å². The summed E-state index contributed by atoms with van der Waals surface area (Å²) in [5.41, 5.74) is 4.48. The van der Waals surface area contributed by atoms with E-state index in [1.807, 2.05) is 25.1 Å². The Morgan fingerprint density at radius 1 is 1.14 bits per heavy atom. The molecule has 0 radical (unpaired) electrons. The second kappa shape index (κ2) is 7.11. The van der Waals surface area contributed by atoms with Crippen LogP contribution in [0.15, 0.2) is 35.1 Å². The van der Waals surface area contributed by atoms with Crippen LogP contribution in [0, 0.1) is 6.92 Å². The molecule has 28 heavy (non-hydrogen) atoms. The topological polar surface area (TPSA) is 72.6 Å². The Morgan fingerprint density at radius 2 is 1.89 bits per heavy atom. The van der Waals surface area contributed by atoms with Crippen molar-refractivity contribution in [3.8, 4) is 17.2 Å². The van der Waals surface area contributed by atoms with Crippen LogP contribution >= 0.6 is 0 Å². The second-order valence-corrected chi connectivity index (χ2v) is 7.33. The molecule has 1 aliphatic heterocycles. The molecule has 1 aromatic heterocycles. The Kier molecular flexibility index (Phi) is 4.63. The molecule has 0 saturated heterocycles. The van der Waals surface area contributed by atoms with Gasteiger partial charge in [0.15, 0.2) is 11.5 Å². The average Bonchev–Trinajstić information content (AvgIpc) is 3.12. The lowest BCUT2D eigenvalue weighted by molar-refractivity contribution is 0.174. The number of benzene rings is 2. The Hall–Kier alpha value is -3.15. The van der Waals surface area contributed by atoms with Crippen LogP contribution in [0.4, 0.5) is 5.69 Å². The first kappa shape index (κ1) is 18.2. The number of aromatic amines is 1. The van der Waals surface area contributed by atoms with E-state index in [9.17, 15) is 4.79 Å². The largest absolute Gasteiger partial charge is 0.496 e. The van der Waals surface area contributed by atoms with Crippen LogP contribution in [0.25, 0.3) is 10.9 Å². The molecule has 0 atom stereocenters. The van der Waals surface area contributed by atoms with Crippen molar-refractivity contribution in [2.24, 2.45) is 0 Å². The number of aromatic nitrogens is 1. The third-order valence-electron chi connectivity index (χ3n) is 5.08. The number of fused-ring (bicyclic) bond motifs is 2. The van der Waals surface area contributed by atoms with Gasteiger partial charge in [-0.15, -0.1) is 0 Å². The minimum Gasteiger partial charge on any atom is -0.496 e. The van der Waals surface area contributed by atoms with Gasteiger partial charge in [-0.05, 0) is 48.2 Å². The van der Waals surface area contributed by atoms with Crippen LogP contribution in [-0.4, -0.2) is 18.9 Å². The molecule has 0 bridgehead atoms. The van der Waals surface area contributed by atoms with E-state index < -0.39 is 0 Å². The molecule has 146 valence electrons. The van der Waals surface area contributed by atoms with Crippen LogP contribution in [-0.2, 0) is 6.54 Å². The summed E-state index contributed by atoms with van der Waals surface area (Å²) in [5, 5.41) is 4.31. The lowest BCUT2D eigenvalue weighted by Crippen LogP contribution is -2.16. The molecular weight excluding hydrogens is 356 g/mol. The van der Waals surface area contributed by atoms with Crippen LogP contribution in [0.5, 0.6) is 17.2 Å². The van der Waals surface area contributed by atoms with Gasteiger partial charge in [0.1, 0.15) is 5.75 Å². The number of hydrogen-bond acceptors (Lipinski definition) is 5. The van der Waals surface area contributed by atoms with Crippen LogP contribution in [0.3, 0.4) is 0 Å². The number of nitrogens with one attached hydrogen (secondary N) is 2. The molecule has 3 aromatic rings. The minimum absolute atomic E-state index is 0.117. The molecule has 6 heteroatoms. The quantitative estimate of drug-likeness (QED) is 0.690. The zero-order valence-corrected chi connectivity index (χ0v) is 16.5. The molecule has 6 nitrogen and oxygen atoms in total. The fourth-order valence-electron chi connectivity index (χ4n) is 3.48. The van der Waals surface area contributed by atoms with E-state index in [4.69, 9.17) is 14.2 Å². The van der Waals surface area contributed by atoms with Crippen molar-refractivity contribution < 1.29 is 14.2 Å². The van der Waals surface area contributed by atoms with E-state index in [2.05, 4.69) is 30.2 Å². The first-order chi connectivity index (χ1) is 13.5. The summed E-state index contributed by atoms with van der Waals surface area (Å²) < 4.78 is 16.3. The van der Waals surface area contributed by atoms with Gasteiger partial charge in [-0.25, -0.2) is 0 Å². The van der Waals surface area contributed by atoms with Gasteiger partial charge in [0.25, 0.3) is 5.56 Å². The molecular formula is C22H24N2O4. The molecule has 4 rings (SSSR count). The van der Waals surface area contributed by atoms with Gasteiger partial charge in [-0.1, -0.05) is 13.8 Å². The predicted octanol–water partition coefficient (Wildman–Crippen LogP) is 4.31. The van der Waals surface area contributed by atoms with Crippen LogP contribution in [0.1, 0.15) is 36.5 Å². The number of anilines is 1. The fourth-order valence-corrected chi connectivity index (χ4v) is 3.48. The zero-order valence-electron chi connectivity index (χ0n) is 16.5. The normalized spacial score (nSPS) is 12.6. The first-order valence-corrected chi connectivity index (χ1v) is 9.34. The number of ether oxygens (including phenoxy) is 3. The maximum absolute atomic E-state index is 12.5. The Morgan fingerprint density at radius 3 is 2.61 bits per heavy atom. The van der Waals surface area contributed by atoms with Crippen molar-refractivity contribution >= 4 is 16.6 Å². The van der Waals surface area contributed by atoms with Crippen molar-refractivity contribution in [1.29, 1.82) is 0 Å². The standard InChI is InChI=1S/C22H24N2O4/c1-12(2)16-8-17(13(3)5-19(16)26-4)23-10-15-6-14-7-20-21(28-11-27-20)9-18(14)24-22(15)25/h5-9,12,23H,10-11H2,1-4H3,(H,24,25). The van der Waals surface area contributed by atoms with Gasteiger partial charge >= 0.3 is 0 Å². The van der Waals surface area contributed by atoms with Gasteiger partial charge in [-0.3, -0.25) is 4.79 Å². The monoisotopic (exact) mass is 380 g/mol. The van der Waals surface area contributed by atoms with Gasteiger partial charge in [-0.2, -0.15) is 0 Å². The smallest absolute Gasteiger partial charge is 0.253 e. The average molecular weight is 380 g/mol. The molecule has 0 saturated carbocycles. The highest BCUT2D eigenvalue weighted by atomic mass is 16.7. The van der Waals surface area contributed by atoms with E-state index in [1.54, 1.807) is 13.2 Å². The first-order valence-electron chi connectivity index (χ1n) is 9.34. The highest BCUT2D eigenvalue weighted by Gasteiger charge is 2.16. The number of methoxy groups -OCH3 is 1.